The Labute approximate surface area is 159 Å². The summed E-state index contributed by atoms with van der Waals surface area (Å²) in [5, 5.41) is 16.8. The summed E-state index contributed by atoms with van der Waals surface area (Å²) < 4.78 is 0. The van der Waals surface area contributed by atoms with Crippen molar-refractivity contribution in [3.63, 3.8) is 0 Å². The maximum absolute atomic E-state index is 12.5. The summed E-state index contributed by atoms with van der Waals surface area (Å²) >= 11 is 0. The number of nitrogens with zero attached hydrogens (tertiary/aromatic N) is 1. The lowest BCUT2D eigenvalue weighted by atomic mass is 10.1. The number of carbonyl (C=O) groups is 1. The molecule has 3 N–H and O–H groups in total. The van der Waals surface area contributed by atoms with E-state index in [0.717, 1.165) is 25.2 Å². The van der Waals surface area contributed by atoms with Crippen molar-refractivity contribution in [2.24, 2.45) is 0 Å². The Bertz CT molecular complexity index is 804. The van der Waals surface area contributed by atoms with Crippen molar-refractivity contribution in [2.75, 3.05) is 25.5 Å². The second-order valence-corrected chi connectivity index (χ2v) is 6.32. The van der Waals surface area contributed by atoms with Gasteiger partial charge in [-0.2, -0.15) is 0 Å². The van der Waals surface area contributed by atoms with Crippen molar-refractivity contribution in [3.8, 4) is 0 Å². The molecule has 0 fully saturated rings. The number of nitro benzene ring substituents is 1. The van der Waals surface area contributed by atoms with Crippen molar-refractivity contribution < 1.29 is 14.6 Å². The van der Waals surface area contributed by atoms with E-state index in [1.54, 1.807) is 19.2 Å². The molecule has 0 spiro atoms. The summed E-state index contributed by atoms with van der Waals surface area (Å²) in [6.45, 7) is 7.69. The summed E-state index contributed by atoms with van der Waals surface area (Å²) in [4.78, 5) is 24.6. The molecule has 0 bridgehead atoms. The van der Waals surface area contributed by atoms with E-state index >= 15 is 0 Å². The van der Waals surface area contributed by atoms with Gasteiger partial charge in [0.25, 0.3) is 11.6 Å². The number of carbonyl (C=O) groups excluding carboxylic acids is 1. The van der Waals surface area contributed by atoms with Crippen molar-refractivity contribution in [1.82, 2.24) is 5.32 Å². The molecule has 27 heavy (non-hydrogen) atoms. The van der Waals surface area contributed by atoms with Crippen LogP contribution in [0.2, 0.25) is 0 Å². The van der Waals surface area contributed by atoms with Crippen LogP contribution in [0.4, 0.5) is 11.4 Å². The van der Waals surface area contributed by atoms with Crippen LogP contribution in [0.15, 0.2) is 42.5 Å². The van der Waals surface area contributed by atoms with E-state index in [0.29, 0.717) is 12.2 Å². The van der Waals surface area contributed by atoms with Crippen LogP contribution in [-0.2, 0) is 13.1 Å². The molecule has 1 amide bonds. The predicted octanol–water partition coefficient (Wildman–Crippen LogP) is 1.99. The summed E-state index contributed by atoms with van der Waals surface area (Å²) in [5.74, 6) is -0.328. The van der Waals surface area contributed by atoms with Crippen LogP contribution >= 0.6 is 0 Å². The molecule has 0 aliphatic rings. The predicted molar refractivity (Wildman–Crippen MR) is 106 cm³/mol. The van der Waals surface area contributed by atoms with E-state index in [-0.39, 0.29) is 17.2 Å². The molecule has 0 aromatic heterocycles. The highest BCUT2D eigenvalue weighted by Crippen LogP contribution is 2.25. The molecule has 0 saturated carbocycles. The highest BCUT2D eigenvalue weighted by atomic mass is 16.6. The van der Waals surface area contributed by atoms with E-state index in [4.69, 9.17) is 0 Å². The molecule has 0 aliphatic heterocycles. The quantitative estimate of drug-likeness (QED) is 0.465. The Morgan fingerprint density at radius 1 is 1.11 bits per heavy atom. The van der Waals surface area contributed by atoms with Crippen LogP contribution in [0, 0.1) is 10.1 Å². The number of anilines is 1. The number of nitro groups is 1. The third-order valence-corrected chi connectivity index (χ3v) is 4.72. The summed E-state index contributed by atoms with van der Waals surface area (Å²) in [5.41, 5.74) is 2.80. The highest BCUT2D eigenvalue weighted by Gasteiger charge is 2.17. The van der Waals surface area contributed by atoms with Gasteiger partial charge in [0, 0.05) is 30.8 Å². The van der Waals surface area contributed by atoms with Gasteiger partial charge in [-0.3, -0.25) is 14.9 Å². The molecule has 2 aromatic rings. The van der Waals surface area contributed by atoms with Gasteiger partial charge in [-0.1, -0.05) is 24.3 Å². The van der Waals surface area contributed by atoms with Crippen molar-refractivity contribution in [2.45, 2.75) is 26.9 Å². The van der Waals surface area contributed by atoms with Crippen LogP contribution in [0.25, 0.3) is 0 Å². The minimum absolute atomic E-state index is 0.115. The molecule has 0 saturated heterocycles. The van der Waals surface area contributed by atoms with Gasteiger partial charge in [-0.15, -0.1) is 0 Å². The largest absolute Gasteiger partial charge is 0.383 e. The molecule has 7 heteroatoms. The van der Waals surface area contributed by atoms with Gasteiger partial charge in [0.15, 0.2) is 0 Å². The topological polar surface area (TPSA) is 88.7 Å². The average Bonchev–Trinajstić information content (AvgIpc) is 2.70. The lowest BCUT2D eigenvalue weighted by Crippen LogP contribution is -3.10. The van der Waals surface area contributed by atoms with Gasteiger partial charge in [-0.05, 0) is 31.5 Å². The fraction of sp³-hybridized carbons (Fsp3) is 0.350. The molecule has 144 valence electrons. The molecular formula is C20H27N4O3+. The Balaban J connectivity index is 2.12. The fourth-order valence-electron chi connectivity index (χ4n) is 2.98. The van der Waals surface area contributed by atoms with Crippen molar-refractivity contribution in [1.29, 1.82) is 0 Å². The van der Waals surface area contributed by atoms with Gasteiger partial charge >= 0.3 is 0 Å². The lowest BCUT2D eigenvalue weighted by molar-refractivity contribution is -0.910. The van der Waals surface area contributed by atoms with Crippen LogP contribution in [0.3, 0.4) is 0 Å². The number of nitrogens with one attached hydrogen (secondary N) is 3. The minimum atomic E-state index is -0.495. The Hall–Kier alpha value is -2.93. The second-order valence-electron chi connectivity index (χ2n) is 6.32. The molecular weight excluding hydrogens is 344 g/mol. The Morgan fingerprint density at radius 3 is 2.37 bits per heavy atom. The molecule has 0 heterocycles. The van der Waals surface area contributed by atoms with Gasteiger partial charge in [-0.25, -0.2) is 0 Å². The van der Waals surface area contributed by atoms with Crippen molar-refractivity contribution >= 4 is 17.3 Å². The number of hydrogen-bond donors (Lipinski definition) is 3. The lowest BCUT2D eigenvalue weighted by Gasteiger charge is -2.18. The van der Waals surface area contributed by atoms with Crippen molar-refractivity contribution in [3.05, 3.63) is 69.3 Å². The zero-order valence-electron chi connectivity index (χ0n) is 16.0. The van der Waals surface area contributed by atoms with Gasteiger partial charge < -0.3 is 15.5 Å². The molecule has 0 radical (unpaired) electrons. The maximum Gasteiger partial charge on any atom is 0.293 e. The van der Waals surface area contributed by atoms with E-state index in [1.165, 1.54) is 16.5 Å². The fourth-order valence-corrected chi connectivity index (χ4v) is 2.98. The molecule has 0 unspecified atom stereocenters. The highest BCUT2D eigenvalue weighted by molar-refractivity contribution is 5.95. The third kappa shape index (κ3) is 5.27. The number of hydrogen-bond acceptors (Lipinski definition) is 4. The van der Waals surface area contributed by atoms with E-state index in [9.17, 15) is 14.9 Å². The van der Waals surface area contributed by atoms with Crippen LogP contribution in [0.1, 0.15) is 35.3 Å². The maximum atomic E-state index is 12.5. The summed E-state index contributed by atoms with van der Waals surface area (Å²) in [7, 11) is 1.61. The van der Waals surface area contributed by atoms with E-state index < -0.39 is 4.92 Å². The number of benzene rings is 2. The first-order chi connectivity index (χ1) is 13.0. The minimum Gasteiger partial charge on any atom is -0.383 e. The first kappa shape index (κ1) is 20.4. The van der Waals surface area contributed by atoms with Crippen LogP contribution in [-0.4, -0.2) is 31.0 Å². The van der Waals surface area contributed by atoms with Gasteiger partial charge in [0.1, 0.15) is 12.2 Å². The third-order valence-electron chi connectivity index (χ3n) is 4.72. The van der Waals surface area contributed by atoms with Crippen LogP contribution in [0.5, 0.6) is 0 Å². The summed E-state index contributed by atoms with van der Waals surface area (Å²) in [6.07, 6.45) is 0. The zero-order valence-corrected chi connectivity index (χ0v) is 16.0. The SMILES string of the molecule is CC[NH+](CC)Cc1ccccc1CNC(=O)c1ccc(NC)c([N+](=O)[O-])c1. The molecule has 0 atom stereocenters. The second kappa shape index (κ2) is 9.68. The molecule has 2 rings (SSSR count). The normalized spacial score (nSPS) is 10.7. The standard InChI is InChI=1S/C20H26N4O3/c1-4-23(5-2)14-17-9-7-6-8-16(17)13-22-20(25)15-10-11-18(21-3)19(12-15)24(26)27/h6-12,21H,4-5,13-14H2,1-3H3,(H,22,25)/p+1. The first-order valence-electron chi connectivity index (χ1n) is 9.14. The van der Waals surface area contributed by atoms with E-state index in [1.807, 2.05) is 18.2 Å². The molecule has 7 nitrogen and oxygen atoms in total. The monoisotopic (exact) mass is 371 g/mol. The number of quaternary nitrogens is 1. The van der Waals surface area contributed by atoms with Gasteiger partial charge in [0.2, 0.25) is 0 Å². The molecule has 0 aliphatic carbocycles. The van der Waals surface area contributed by atoms with E-state index in [2.05, 4.69) is 30.5 Å². The van der Waals surface area contributed by atoms with Gasteiger partial charge in [0.05, 0.1) is 18.0 Å². The number of amides is 1. The Morgan fingerprint density at radius 2 is 1.78 bits per heavy atom. The smallest absolute Gasteiger partial charge is 0.293 e. The first-order valence-corrected chi connectivity index (χ1v) is 9.14. The zero-order chi connectivity index (χ0) is 19.8. The average molecular weight is 371 g/mol. The molecule has 2 aromatic carbocycles. The van der Waals surface area contributed by atoms with Crippen LogP contribution < -0.4 is 15.5 Å². The Kier molecular flexibility index (Phi) is 7.31. The summed E-state index contributed by atoms with van der Waals surface area (Å²) in [6, 6.07) is 12.5. The number of rotatable bonds is 9.